The lowest BCUT2D eigenvalue weighted by molar-refractivity contribution is -0.121. The molecule has 6 nitrogen and oxygen atoms in total. The van der Waals surface area contributed by atoms with Crippen molar-refractivity contribution in [1.82, 2.24) is 15.5 Å². The van der Waals surface area contributed by atoms with Crippen LogP contribution in [0.4, 0.5) is 0 Å². The van der Waals surface area contributed by atoms with Gasteiger partial charge in [0.05, 0.1) is 23.7 Å². The van der Waals surface area contributed by atoms with Gasteiger partial charge in [-0.15, -0.1) is 0 Å². The van der Waals surface area contributed by atoms with Crippen LogP contribution in [0.15, 0.2) is 48.5 Å². The van der Waals surface area contributed by atoms with Crippen LogP contribution in [0.2, 0.25) is 5.02 Å². The Kier molecular flexibility index (Phi) is 8.11. The maximum atomic E-state index is 12.4. The highest BCUT2D eigenvalue weighted by Gasteiger charge is 2.24. The Morgan fingerprint density at radius 2 is 1.77 bits per heavy atom. The van der Waals surface area contributed by atoms with E-state index in [4.69, 9.17) is 16.3 Å². The van der Waals surface area contributed by atoms with E-state index in [1.165, 1.54) is 12.8 Å². The minimum atomic E-state index is -0.276. The van der Waals surface area contributed by atoms with Gasteiger partial charge in [-0.05, 0) is 55.8 Å². The average Bonchev–Trinajstić information content (AvgIpc) is 3.29. The quantitative estimate of drug-likeness (QED) is 0.640. The summed E-state index contributed by atoms with van der Waals surface area (Å²) < 4.78 is 5.25. The Bertz CT molecular complexity index is 851. The molecule has 3 rings (SSSR count). The molecule has 0 spiro atoms. The van der Waals surface area contributed by atoms with Crippen LogP contribution < -0.4 is 15.4 Å². The third-order valence-electron chi connectivity index (χ3n) is 5.33. The molecule has 1 aliphatic heterocycles. The fourth-order valence-corrected chi connectivity index (χ4v) is 3.89. The fraction of sp³-hybridized carbons (Fsp3) is 0.391. The third-order valence-corrected chi connectivity index (χ3v) is 5.66. The second kappa shape index (κ2) is 11.0. The smallest absolute Gasteiger partial charge is 0.252 e. The Balaban J connectivity index is 1.50. The summed E-state index contributed by atoms with van der Waals surface area (Å²) >= 11 is 6.03. The van der Waals surface area contributed by atoms with E-state index in [2.05, 4.69) is 27.7 Å². The Labute approximate surface area is 182 Å². The maximum absolute atomic E-state index is 12.4. The molecule has 2 N–H and O–H groups in total. The molecule has 2 aromatic carbocycles. The van der Waals surface area contributed by atoms with Gasteiger partial charge < -0.3 is 15.4 Å². The van der Waals surface area contributed by atoms with E-state index in [0.717, 1.165) is 24.4 Å². The van der Waals surface area contributed by atoms with Crippen LogP contribution in [0, 0.1) is 0 Å². The molecule has 0 radical (unpaired) electrons. The number of carbonyl (C=O) groups excluding carboxylic acids is 2. The summed E-state index contributed by atoms with van der Waals surface area (Å²) in [5.41, 5.74) is 1.57. The van der Waals surface area contributed by atoms with Gasteiger partial charge in [-0.3, -0.25) is 14.5 Å². The highest BCUT2D eigenvalue weighted by molar-refractivity contribution is 6.33. The van der Waals surface area contributed by atoms with Crippen molar-refractivity contribution in [3.05, 3.63) is 64.7 Å². The van der Waals surface area contributed by atoms with E-state index in [1.54, 1.807) is 31.4 Å². The van der Waals surface area contributed by atoms with E-state index >= 15 is 0 Å². The van der Waals surface area contributed by atoms with Crippen molar-refractivity contribution in [2.45, 2.75) is 25.3 Å². The number of nitrogens with one attached hydrogen (secondary N) is 2. The average molecular weight is 430 g/mol. The number of rotatable bonds is 9. The van der Waals surface area contributed by atoms with Crippen LogP contribution in [-0.4, -0.2) is 50.0 Å². The molecule has 0 unspecified atom stereocenters. The first kappa shape index (κ1) is 22.1. The van der Waals surface area contributed by atoms with Crippen LogP contribution in [0.25, 0.3) is 0 Å². The summed E-state index contributed by atoms with van der Waals surface area (Å²) in [5, 5.41) is 6.17. The number of ether oxygens (including phenoxy) is 1. The summed E-state index contributed by atoms with van der Waals surface area (Å²) in [4.78, 5) is 26.9. The van der Waals surface area contributed by atoms with Crippen molar-refractivity contribution >= 4 is 23.4 Å². The van der Waals surface area contributed by atoms with Crippen LogP contribution in [0.3, 0.4) is 0 Å². The molecule has 7 heteroatoms. The number of halogens is 1. The number of nitrogens with zero attached hydrogens (tertiary/aromatic N) is 1. The van der Waals surface area contributed by atoms with E-state index in [0.29, 0.717) is 17.1 Å². The second-order valence-corrected chi connectivity index (χ2v) is 7.73. The van der Waals surface area contributed by atoms with Crippen molar-refractivity contribution in [3.63, 3.8) is 0 Å². The Hall–Kier alpha value is -2.57. The molecule has 1 fully saturated rings. The molecule has 1 aliphatic rings. The predicted molar refractivity (Wildman–Crippen MR) is 118 cm³/mol. The van der Waals surface area contributed by atoms with Gasteiger partial charge in [0.25, 0.3) is 5.91 Å². The molecule has 0 saturated carbocycles. The lowest BCUT2D eigenvalue weighted by atomic mass is 10.1. The molecular weight excluding hydrogens is 402 g/mol. The summed E-state index contributed by atoms with van der Waals surface area (Å²) in [7, 11) is 1.65. The summed E-state index contributed by atoms with van der Waals surface area (Å²) in [6, 6.07) is 15.0. The van der Waals surface area contributed by atoms with Crippen molar-refractivity contribution in [1.29, 1.82) is 0 Å². The SMILES string of the molecule is COc1ccc([C@@H](CNC(=O)CCNC(=O)c2ccccc2Cl)N2CCCC2)cc1. The van der Waals surface area contributed by atoms with Crippen LogP contribution in [-0.2, 0) is 4.79 Å². The summed E-state index contributed by atoms with van der Waals surface area (Å²) in [6.45, 7) is 2.84. The van der Waals surface area contributed by atoms with Crippen molar-refractivity contribution in [2.24, 2.45) is 0 Å². The molecule has 1 saturated heterocycles. The van der Waals surface area contributed by atoms with E-state index in [9.17, 15) is 9.59 Å². The monoisotopic (exact) mass is 429 g/mol. The van der Waals surface area contributed by atoms with Gasteiger partial charge in [0.1, 0.15) is 5.75 Å². The highest BCUT2D eigenvalue weighted by Crippen LogP contribution is 2.26. The normalized spacial score (nSPS) is 14.9. The van der Waals surface area contributed by atoms with Gasteiger partial charge >= 0.3 is 0 Å². The number of likely N-dealkylation sites (tertiary alicyclic amines) is 1. The van der Waals surface area contributed by atoms with Gasteiger partial charge in [-0.1, -0.05) is 35.9 Å². The first-order chi connectivity index (χ1) is 14.6. The van der Waals surface area contributed by atoms with Crippen molar-refractivity contribution in [2.75, 3.05) is 33.3 Å². The molecule has 0 aliphatic carbocycles. The molecule has 1 atom stereocenters. The molecule has 0 aromatic heterocycles. The standard InChI is InChI=1S/C23H28ClN3O3/c1-30-18-10-8-17(9-11-18)21(27-14-4-5-15-27)16-26-22(28)12-13-25-23(29)19-6-2-3-7-20(19)24/h2-3,6-11,21H,4-5,12-16H2,1H3,(H,25,29)(H,26,28)/t21-/m1/s1. The number of hydrogen-bond acceptors (Lipinski definition) is 4. The molecular formula is C23H28ClN3O3. The second-order valence-electron chi connectivity index (χ2n) is 7.32. The van der Waals surface area contributed by atoms with Gasteiger partial charge in [0, 0.05) is 19.5 Å². The molecule has 2 amide bonds. The summed E-state index contributed by atoms with van der Waals surface area (Å²) in [6.07, 6.45) is 2.56. The zero-order chi connectivity index (χ0) is 21.3. The minimum absolute atomic E-state index is 0.0906. The van der Waals surface area contributed by atoms with Gasteiger partial charge in [-0.2, -0.15) is 0 Å². The maximum Gasteiger partial charge on any atom is 0.252 e. The first-order valence-corrected chi connectivity index (χ1v) is 10.6. The lowest BCUT2D eigenvalue weighted by Crippen LogP contribution is -2.38. The molecule has 2 aromatic rings. The Morgan fingerprint density at radius 1 is 1.07 bits per heavy atom. The van der Waals surface area contributed by atoms with Crippen molar-refractivity contribution in [3.8, 4) is 5.75 Å². The van der Waals surface area contributed by atoms with E-state index in [-0.39, 0.29) is 30.8 Å². The van der Waals surface area contributed by atoms with E-state index < -0.39 is 0 Å². The zero-order valence-corrected chi connectivity index (χ0v) is 18.0. The number of methoxy groups -OCH3 is 1. The highest BCUT2D eigenvalue weighted by atomic mass is 35.5. The van der Waals surface area contributed by atoms with Gasteiger partial charge in [0.2, 0.25) is 5.91 Å². The summed E-state index contributed by atoms with van der Waals surface area (Å²) in [5.74, 6) is 0.450. The van der Waals surface area contributed by atoms with Crippen LogP contribution >= 0.6 is 11.6 Å². The first-order valence-electron chi connectivity index (χ1n) is 10.3. The third kappa shape index (κ3) is 5.97. The number of amides is 2. The number of hydrogen-bond donors (Lipinski definition) is 2. The van der Waals surface area contributed by atoms with Gasteiger partial charge in [-0.25, -0.2) is 0 Å². The molecule has 0 bridgehead atoms. The van der Waals surface area contributed by atoms with E-state index in [1.807, 2.05) is 12.1 Å². The fourth-order valence-electron chi connectivity index (χ4n) is 3.67. The van der Waals surface area contributed by atoms with Crippen LogP contribution in [0.5, 0.6) is 5.75 Å². The number of benzene rings is 2. The minimum Gasteiger partial charge on any atom is -0.497 e. The largest absolute Gasteiger partial charge is 0.497 e. The molecule has 30 heavy (non-hydrogen) atoms. The van der Waals surface area contributed by atoms with Gasteiger partial charge in [0.15, 0.2) is 0 Å². The molecule has 160 valence electrons. The predicted octanol–water partition coefficient (Wildman–Crippen LogP) is 3.42. The number of carbonyl (C=O) groups is 2. The Morgan fingerprint density at radius 3 is 2.43 bits per heavy atom. The topological polar surface area (TPSA) is 70.7 Å². The van der Waals surface area contributed by atoms with Crippen molar-refractivity contribution < 1.29 is 14.3 Å². The zero-order valence-electron chi connectivity index (χ0n) is 17.2. The lowest BCUT2D eigenvalue weighted by Gasteiger charge is -2.28. The van der Waals surface area contributed by atoms with Crippen LogP contribution in [0.1, 0.15) is 41.2 Å². The molecule has 1 heterocycles.